The van der Waals surface area contributed by atoms with E-state index in [0.29, 0.717) is 11.4 Å². The molecule has 0 aromatic heterocycles. The van der Waals surface area contributed by atoms with Gasteiger partial charge in [0.1, 0.15) is 0 Å². The van der Waals surface area contributed by atoms with Crippen molar-refractivity contribution < 1.29 is 8.42 Å². The summed E-state index contributed by atoms with van der Waals surface area (Å²) in [5.74, 6) is 0. The lowest BCUT2D eigenvalue weighted by Crippen LogP contribution is -2.31. The van der Waals surface area contributed by atoms with Gasteiger partial charge >= 0.3 is 0 Å². The lowest BCUT2D eigenvalue weighted by molar-refractivity contribution is 0.383. The number of nitrogens with zero attached hydrogens (tertiary/aromatic N) is 2. The van der Waals surface area contributed by atoms with Gasteiger partial charge in [-0.3, -0.25) is 0 Å². The Kier molecular flexibility index (Phi) is 4.09. The molecule has 2 rings (SSSR count). The van der Waals surface area contributed by atoms with Crippen molar-refractivity contribution in [1.29, 1.82) is 0 Å². The molecule has 1 aromatic carbocycles. The predicted molar refractivity (Wildman–Crippen MR) is 81.3 cm³/mol. The first-order chi connectivity index (χ1) is 9.28. The van der Waals surface area contributed by atoms with Crippen LogP contribution >= 0.6 is 0 Å². The van der Waals surface area contributed by atoms with Crippen molar-refractivity contribution in [3.05, 3.63) is 24.3 Å². The van der Waals surface area contributed by atoms with Crippen LogP contribution in [0.3, 0.4) is 0 Å². The maximum Gasteiger partial charge on any atom is 0.242 e. The highest BCUT2D eigenvalue weighted by Crippen LogP contribution is 2.32. The van der Waals surface area contributed by atoms with Crippen molar-refractivity contribution in [2.45, 2.75) is 18.2 Å². The van der Waals surface area contributed by atoms with E-state index in [-0.39, 0.29) is 5.41 Å². The normalized spacial score (nSPS) is 23.6. The van der Waals surface area contributed by atoms with Gasteiger partial charge in [0.15, 0.2) is 0 Å². The summed E-state index contributed by atoms with van der Waals surface area (Å²) in [7, 11) is -0.274. The Bertz CT molecular complexity index is 569. The highest BCUT2D eigenvalue weighted by atomic mass is 32.2. The van der Waals surface area contributed by atoms with Gasteiger partial charge in [0, 0.05) is 32.9 Å². The van der Waals surface area contributed by atoms with Crippen LogP contribution in [0.5, 0.6) is 0 Å². The van der Waals surface area contributed by atoms with Crippen LogP contribution in [0.1, 0.15) is 13.3 Å². The molecule has 0 aliphatic carbocycles. The van der Waals surface area contributed by atoms with Crippen molar-refractivity contribution in [1.82, 2.24) is 4.31 Å². The van der Waals surface area contributed by atoms with Gasteiger partial charge in [-0.15, -0.1) is 0 Å². The van der Waals surface area contributed by atoms with Crippen molar-refractivity contribution in [3.63, 3.8) is 0 Å². The lowest BCUT2D eigenvalue weighted by Gasteiger charge is -2.24. The van der Waals surface area contributed by atoms with Crippen molar-refractivity contribution in [3.8, 4) is 0 Å². The number of anilines is 1. The standard InChI is InChI=1S/C14H23N3O2S/c1-14(10-15)8-9-17(11-14)12-4-6-13(7-5-12)20(18,19)16(2)3/h4-7H,8-11,15H2,1-3H3. The van der Waals surface area contributed by atoms with E-state index in [9.17, 15) is 8.42 Å². The Balaban J connectivity index is 2.18. The van der Waals surface area contributed by atoms with E-state index in [0.717, 1.165) is 25.2 Å². The van der Waals surface area contributed by atoms with Gasteiger partial charge in [-0.05, 0) is 42.6 Å². The molecule has 0 radical (unpaired) electrons. The second-order valence-electron chi connectivity index (χ2n) is 5.97. The summed E-state index contributed by atoms with van der Waals surface area (Å²) in [6, 6.07) is 7.09. The number of benzene rings is 1. The van der Waals surface area contributed by atoms with E-state index < -0.39 is 10.0 Å². The van der Waals surface area contributed by atoms with E-state index in [1.54, 1.807) is 12.1 Å². The van der Waals surface area contributed by atoms with E-state index in [1.165, 1.54) is 18.4 Å². The molecule has 5 nitrogen and oxygen atoms in total. The monoisotopic (exact) mass is 297 g/mol. The fourth-order valence-electron chi connectivity index (χ4n) is 2.45. The summed E-state index contributed by atoms with van der Waals surface area (Å²) in [4.78, 5) is 2.59. The lowest BCUT2D eigenvalue weighted by atomic mass is 9.90. The van der Waals surface area contributed by atoms with Gasteiger partial charge in [0.25, 0.3) is 0 Å². The van der Waals surface area contributed by atoms with Crippen molar-refractivity contribution in [2.75, 3.05) is 38.6 Å². The van der Waals surface area contributed by atoms with Gasteiger partial charge in [-0.1, -0.05) is 6.92 Å². The van der Waals surface area contributed by atoms with Crippen molar-refractivity contribution in [2.24, 2.45) is 11.1 Å². The summed E-state index contributed by atoms with van der Waals surface area (Å²) in [5.41, 5.74) is 7.03. The van der Waals surface area contributed by atoms with Crippen LogP contribution < -0.4 is 10.6 Å². The third kappa shape index (κ3) is 2.82. The van der Waals surface area contributed by atoms with Crippen LogP contribution in [0.4, 0.5) is 5.69 Å². The van der Waals surface area contributed by atoms with Gasteiger partial charge < -0.3 is 10.6 Å². The first kappa shape index (κ1) is 15.3. The molecule has 0 amide bonds. The Morgan fingerprint density at radius 2 is 1.90 bits per heavy atom. The molecule has 2 N–H and O–H groups in total. The Morgan fingerprint density at radius 3 is 2.35 bits per heavy atom. The molecule has 20 heavy (non-hydrogen) atoms. The van der Waals surface area contributed by atoms with Crippen LogP contribution in [0.2, 0.25) is 0 Å². The van der Waals surface area contributed by atoms with Crippen LogP contribution in [-0.2, 0) is 10.0 Å². The van der Waals surface area contributed by atoms with E-state index in [2.05, 4.69) is 11.8 Å². The Labute approximate surface area is 121 Å². The largest absolute Gasteiger partial charge is 0.371 e. The highest BCUT2D eigenvalue weighted by Gasteiger charge is 2.32. The van der Waals surface area contributed by atoms with Crippen LogP contribution in [0.25, 0.3) is 0 Å². The smallest absolute Gasteiger partial charge is 0.242 e. The highest BCUT2D eigenvalue weighted by molar-refractivity contribution is 7.89. The second kappa shape index (κ2) is 5.35. The minimum Gasteiger partial charge on any atom is -0.371 e. The molecule has 6 heteroatoms. The molecule has 1 aliphatic rings. The predicted octanol–water partition coefficient (Wildman–Crippen LogP) is 1.11. The molecule has 1 fully saturated rings. The van der Waals surface area contributed by atoms with Crippen LogP contribution in [0, 0.1) is 5.41 Å². The maximum atomic E-state index is 12.0. The molecule has 0 saturated carbocycles. The third-order valence-electron chi connectivity index (χ3n) is 4.03. The molecule has 1 heterocycles. The minimum atomic E-state index is -3.35. The van der Waals surface area contributed by atoms with E-state index in [1.807, 2.05) is 12.1 Å². The molecule has 112 valence electrons. The number of rotatable bonds is 4. The molecule has 0 spiro atoms. The molecular formula is C14H23N3O2S. The van der Waals surface area contributed by atoms with Gasteiger partial charge in [-0.25, -0.2) is 12.7 Å². The number of nitrogens with two attached hydrogens (primary N) is 1. The zero-order valence-electron chi connectivity index (χ0n) is 12.3. The molecule has 1 saturated heterocycles. The summed E-state index contributed by atoms with van der Waals surface area (Å²) < 4.78 is 25.2. The van der Waals surface area contributed by atoms with Gasteiger partial charge in [0.2, 0.25) is 10.0 Å². The maximum absolute atomic E-state index is 12.0. The first-order valence-corrected chi connectivity index (χ1v) is 8.20. The second-order valence-corrected chi connectivity index (χ2v) is 8.12. The fourth-order valence-corrected chi connectivity index (χ4v) is 3.35. The van der Waals surface area contributed by atoms with Crippen LogP contribution in [0.15, 0.2) is 29.2 Å². The number of hydrogen-bond donors (Lipinski definition) is 1. The van der Waals surface area contributed by atoms with E-state index >= 15 is 0 Å². The number of sulfonamides is 1. The average Bonchev–Trinajstić information content (AvgIpc) is 2.82. The van der Waals surface area contributed by atoms with Gasteiger partial charge in [0.05, 0.1) is 4.90 Å². The quantitative estimate of drug-likeness (QED) is 0.904. The fraction of sp³-hybridized carbons (Fsp3) is 0.571. The Hall–Kier alpha value is -1.11. The minimum absolute atomic E-state index is 0.161. The molecule has 1 atom stereocenters. The first-order valence-electron chi connectivity index (χ1n) is 6.76. The third-order valence-corrected chi connectivity index (χ3v) is 5.86. The van der Waals surface area contributed by atoms with Gasteiger partial charge in [-0.2, -0.15) is 0 Å². The zero-order chi connectivity index (χ0) is 15.0. The molecule has 1 aromatic rings. The SMILES string of the molecule is CN(C)S(=O)(=O)c1ccc(N2CCC(C)(CN)C2)cc1. The van der Waals surface area contributed by atoms with Crippen LogP contribution in [-0.4, -0.2) is 46.5 Å². The van der Waals surface area contributed by atoms with Crippen molar-refractivity contribution >= 4 is 15.7 Å². The molecule has 1 aliphatic heterocycles. The zero-order valence-corrected chi connectivity index (χ0v) is 13.2. The summed E-state index contributed by atoms with van der Waals surface area (Å²) in [6.45, 7) is 4.76. The number of hydrogen-bond acceptors (Lipinski definition) is 4. The molecular weight excluding hydrogens is 274 g/mol. The summed E-state index contributed by atoms with van der Waals surface area (Å²) in [6.07, 6.45) is 1.07. The molecule has 0 bridgehead atoms. The molecule has 1 unspecified atom stereocenters. The summed E-state index contributed by atoms with van der Waals surface area (Å²) >= 11 is 0. The summed E-state index contributed by atoms with van der Waals surface area (Å²) in [5, 5.41) is 0. The van der Waals surface area contributed by atoms with E-state index in [4.69, 9.17) is 5.73 Å². The Morgan fingerprint density at radius 1 is 1.30 bits per heavy atom. The average molecular weight is 297 g/mol. The topological polar surface area (TPSA) is 66.6 Å².